The highest BCUT2D eigenvalue weighted by atomic mass is 35.5. The summed E-state index contributed by atoms with van der Waals surface area (Å²) in [6.45, 7) is 3.49. The normalized spacial score (nSPS) is 26.2. The predicted molar refractivity (Wildman–Crippen MR) is 87.2 cm³/mol. The molecule has 2 N–H and O–H groups in total. The number of halogens is 1. The molecule has 0 aromatic heterocycles. The molecule has 6 heteroatoms. The third kappa shape index (κ3) is 4.03. The molecule has 1 fully saturated rings. The van der Waals surface area contributed by atoms with E-state index in [4.69, 9.17) is 16.7 Å². The number of aliphatic hydroxyl groups is 1. The Balaban J connectivity index is 2.32. The summed E-state index contributed by atoms with van der Waals surface area (Å²) in [5.41, 5.74) is 0.0182. The lowest BCUT2D eigenvalue weighted by Crippen LogP contribution is -2.51. The standard InChI is InChI=1S/C17H22ClNO4/c1-11(20)10-19-14(12-3-5-13(18)6-4-12)7-8-17(2,16(19)23)9-15(21)22/h3-6,11,14,20H,7-10H2,1-2H3,(H,21,22)/t11-,14?,17-/m1/s1. The molecule has 2 rings (SSSR count). The van der Waals surface area contributed by atoms with E-state index in [2.05, 4.69) is 0 Å². The summed E-state index contributed by atoms with van der Waals surface area (Å²) in [7, 11) is 0. The number of likely N-dealkylation sites (tertiary alicyclic amines) is 1. The second kappa shape index (κ2) is 6.89. The Morgan fingerprint density at radius 1 is 1.43 bits per heavy atom. The molecule has 1 aliphatic rings. The van der Waals surface area contributed by atoms with Crippen LogP contribution < -0.4 is 0 Å². The first-order valence-corrected chi connectivity index (χ1v) is 8.07. The number of carboxylic acid groups (broad SMARTS) is 1. The zero-order valence-electron chi connectivity index (χ0n) is 13.3. The van der Waals surface area contributed by atoms with Gasteiger partial charge in [-0.3, -0.25) is 9.59 Å². The summed E-state index contributed by atoms with van der Waals surface area (Å²) in [5.74, 6) is -1.20. The van der Waals surface area contributed by atoms with Crippen LogP contribution in [0.2, 0.25) is 5.02 Å². The van der Waals surface area contributed by atoms with E-state index >= 15 is 0 Å². The van der Waals surface area contributed by atoms with Gasteiger partial charge < -0.3 is 15.1 Å². The van der Waals surface area contributed by atoms with E-state index in [1.54, 1.807) is 30.9 Å². The van der Waals surface area contributed by atoms with Crippen LogP contribution in [-0.4, -0.2) is 39.6 Å². The first-order valence-electron chi connectivity index (χ1n) is 7.69. The lowest BCUT2D eigenvalue weighted by Gasteiger charge is -2.44. The maximum absolute atomic E-state index is 12.9. The zero-order chi connectivity index (χ0) is 17.2. The fourth-order valence-corrected chi connectivity index (χ4v) is 3.36. The van der Waals surface area contributed by atoms with Gasteiger partial charge in [-0.1, -0.05) is 30.7 Å². The number of hydrogen-bond acceptors (Lipinski definition) is 3. The summed E-state index contributed by atoms with van der Waals surface area (Å²) < 4.78 is 0. The Morgan fingerprint density at radius 3 is 2.57 bits per heavy atom. The Kier molecular flexibility index (Phi) is 5.32. The number of aliphatic carboxylic acids is 1. The molecule has 1 saturated heterocycles. The molecule has 23 heavy (non-hydrogen) atoms. The van der Waals surface area contributed by atoms with Crippen molar-refractivity contribution in [1.82, 2.24) is 4.90 Å². The molecule has 0 saturated carbocycles. The third-order valence-corrected chi connectivity index (χ3v) is 4.63. The SMILES string of the molecule is C[C@@H](O)CN1C(=O)[C@@](C)(CC(=O)O)CCC1c1ccc(Cl)cc1. The fraction of sp³-hybridized carbons (Fsp3) is 0.529. The van der Waals surface area contributed by atoms with E-state index < -0.39 is 17.5 Å². The monoisotopic (exact) mass is 339 g/mol. The molecule has 5 nitrogen and oxygen atoms in total. The first-order chi connectivity index (χ1) is 10.7. The average molecular weight is 340 g/mol. The van der Waals surface area contributed by atoms with E-state index in [1.807, 2.05) is 12.1 Å². The number of aliphatic hydroxyl groups excluding tert-OH is 1. The van der Waals surface area contributed by atoms with Crippen molar-refractivity contribution in [2.75, 3.05) is 6.54 Å². The molecule has 1 unspecified atom stereocenters. The van der Waals surface area contributed by atoms with Gasteiger partial charge in [-0.2, -0.15) is 0 Å². The van der Waals surface area contributed by atoms with Gasteiger partial charge in [0.25, 0.3) is 0 Å². The summed E-state index contributed by atoms with van der Waals surface area (Å²) >= 11 is 5.92. The summed E-state index contributed by atoms with van der Waals surface area (Å²) in [4.78, 5) is 25.6. The van der Waals surface area contributed by atoms with Crippen LogP contribution in [-0.2, 0) is 9.59 Å². The summed E-state index contributed by atoms with van der Waals surface area (Å²) in [6, 6.07) is 7.11. The minimum absolute atomic E-state index is 0.170. The van der Waals surface area contributed by atoms with Gasteiger partial charge in [0.2, 0.25) is 5.91 Å². The molecule has 0 aliphatic carbocycles. The van der Waals surface area contributed by atoms with Crippen LogP contribution in [0.5, 0.6) is 0 Å². The van der Waals surface area contributed by atoms with Crippen LogP contribution in [0.4, 0.5) is 0 Å². The number of carbonyl (C=O) groups is 2. The summed E-state index contributed by atoms with van der Waals surface area (Å²) in [6.07, 6.45) is 0.280. The molecule has 1 aromatic rings. The molecule has 0 bridgehead atoms. The minimum Gasteiger partial charge on any atom is -0.481 e. The van der Waals surface area contributed by atoms with E-state index in [0.29, 0.717) is 17.9 Å². The Hall–Kier alpha value is -1.59. The van der Waals surface area contributed by atoms with Gasteiger partial charge in [0.1, 0.15) is 0 Å². The molecule has 1 amide bonds. The third-order valence-electron chi connectivity index (χ3n) is 4.38. The van der Waals surface area contributed by atoms with Crippen molar-refractivity contribution >= 4 is 23.5 Å². The van der Waals surface area contributed by atoms with Crippen LogP contribution in [0, 0.1) is 5.41 Å². The van der Waals surface area contributed by atoms with E-state index in [0.717, 1.165) is 5.56 Å². The van der Waals surface area contributed by atoms with Gasteiger partial charge in [0.05, 0.1) is 24.0 Å². The van der Waals surface area contributed by atoms with Crippen LogP contribution in [0.1, 0.15) is 44.7 Å². The average Bonchev–Trinajstić information content (AvgIpc) is 2.44. The molecular weight excluding hydrogens is 318 g/mol. The number of rotatable bonds is 5. The van der Waals surface area contributed by atoms with E-state index in [9.17, 15) is 14.7 Å². The molecule has 3 atom stereocenters. The number of carbonyl (C=O) groups excluding carboxylic acids is 1. The molecular formula is C17H22ClNO4. The number of hydrogen-bond donors (Lipinski definition) is 2. The van der Waals surface area contributed by atoms with Gasteiger partial charge in [-0.15, -0.1) is 0 Å². The van der Waals surface area contributed by atoms with Crippen molar-refractivity contribution in [2.24, 2.45) is 5.41 Å². The highest BCUT2D eigenvalue weighted by Gasteiger charge is 2.45. The van der Waals surface area contributed by atoms with E-state index in [1.165, 1.54) is 0 Å². The zero-order valence-corrected chi connectivity index (χ0v) is 14.1. The molecule has 1 aliphatic heterocycles. The lowest BCUT2D eigenvalue weighted by atomic mass is 9.75. The minimum atomic E-state index is -0.984. The Morgan fingerprint density at radius 2 is 2.04 bits per heavy atom. The quantitative estimate of drug-likeness (QED) is 0.864. The van der Waals surface area contributed by atoms with Crippen LogP contribution in [0.15, 0.2) is 24.3 Å². The highest BCUT2D eigenvalue weighted by molar-refractivity contribution is 6.30. The first kappa shape index (κ1) is 17.8. The van der Waals surface area contributed by atoms with Crippen LogP contribution in [0.3, 0.4) is 0 Å². The fourth-order valence-electron chi connectivity index (χ4n) is 3.23. The lowest BCUT2D eigenvalue weighted by molar-refractivity contribution is -0.157. The topological polar surface area (TPSA) is 77.8 Å². The van der Waals surface area contributed by atoms with Gasteiger partial charge >= 0.3 is 5.97 Å². The maximum Gasteiger partial charge on any atom is 0.304 e. The second-order valence-electron chi connectivity index (χ2n) is 6.54. The van der Waals surface area contributed by atoms with Crippen molar-refractivity contribution in [3.63, 3.8) is 0 Å². The molecule has 1 heterocycles. The number of carboxylic acids is 1. The number of amides is 1. The summed E-state index contributed by atoms with van der Waals surface area (Å²) in [5, 5.41) is 19.5. The van der Waals surface area contributed by atoms with Crippen molar-refractivity contribution in [2.45, 2.75) is 45.3 Å². The number of piperidine rings is 1. The number of β-amino-alcohol motifs (C(OH)–C–C–N with tert-alkyl or cyclic N) is 1. The molecule has 0 radical (unpaired) electrons. The van der Waals surface area contributed by atoms with Crippen molar-refractivity contribution in [1.29, 1.82) is 0 Å². The van der Waals surface area contributed by atoms with E-state index in [-0.39, 0.29) is 24.9 Å². The van der Waals surface area contributed by atoms with Crippen LogP contribution >= 0.6 is 11.6 Å². The molecule has 1 aromatic carbocycles. The van der Waals surface area contributed by atoms with Gasteiger partial charge in [0.15, 0.2) is 0 Å². The molecule has 0 spiro atoms. The van der Waals surface area contributed by atoms with Gasteiger partial charge in [-0.05, 0) is 37.5 Å². The van der Waals surface area contributed by atoms with Crippen molar-refractivity contribution in [3.8, 4) is 0 Å². The van der Waals surface area contributed by atoms with Crippen molar-refractivity contribution in [3.05, 3.63) is 34.9 Å². The number of nitrogens with zero attached hydrogens (tertiary/aromatic N) is 1. The van der Waals surface area contributed by atoms with Gasteiger partial charge in [0, 0.05) is 11.6 Å². The van der Waals surface area contributed by atoms with Gasteiger partial charge in [-0.25, -0.2) is 0 Å². The maximum atomic E-state index is 12.9. The Bertz CT molecular complexity index is 587. The van der Waals surface area contributed by atoms with Crippen LogP contribution in [0.25, 0.3) is 0 Å². The predicted octanol–water partition coefficient (Wildman–Crippen LogP) is 2.87. The smallest absolute Gasteiger partial charge is 0.304 e. The Labute approximate surface area is 140 Å². The second-order valence-corrected chi connectivity index (χ2v) is 6.98. The largest absolute Gasteiger partial charge is 0.481 e. The highest BCUT2D eigenvalue weighted by Crippen LogP contribution is 2.42. The van der Waals surface area contributed by atoms with Crippen molar-refractivity contribution < 1.29 is 19.8 Å². The molecule has 126 valence electrons. The number of benzene rings is 1.